The predicted molar refractivity (Wildman–Crippen MR) is 66.2 cm³/mol. The third kappa shape index (κ3) is 1.99. The minimum Gasteiger partial charge on any atom is -0.493 e. The average molecular weight is 264 g/mol. The molecule has 2 aliphatic carbocycles. The molecule has 0 aromatic carbocycles. The zero-order valence-electron chi connectivity index (χ0n) is 10.9. The second-order valence-electron chi connectivity index (χ2n) is 5.15. The lowest BCUT2D eigenvalue weighted by Crippen LogP contribution is -2.50. The van der Waals surface area contributed by atoms with Gasteiger partial charge in [-0.05, 0) is 6.42 Å². The highest BCUT2D eigenvalue weighted by atomic mass is 16.5. The molecule has 0 spiro atoms. The van der Waals surface area contributed by atoms with Crippen LogP contribution in [0.4, 0.5) is 0 Å². The van der Waals surface area contributed by atoms with Gasteiger partial charge in [0.2, 0.25) is 5.78 Å². The van der Waals surface area contributed by atoms with Crippen LogP contribution in [-0.2, 0) is 19.1 Å². The van der Waals surface area contributed by atoms with Gasteiger partial charge in [0.1, 0.15) is 0 Å². The summed E-state index contributed by atoms with van der Waals surface area (Å²) in [5.74, 6) is -2.39. The van der Waals surface area contributed by atoms with Crippen LogP contribution >= 0.6 is 0 Å². The number of fused-ring (bicyclic) bond motifs is 1. The van der Waals surface area contributed by atoms with E-state index in [0.29, 0.717) is 6.42 Å². The number of carboxylic acid groups (broad SMARTS) is 1. The number of ether oxygens (including phenoxy) is 1. The highest BCUT2D eigenvalue weighted by Crippen LogP contribution is 2.48. The number of carbonyl (C=O) groups is 3. The minimum atomic E-state index is -1.02. The number of hydrogen-bond acceptors (Lipinski definition) is 4. The molecule has 5 heteroatoms. The van der Waals surface area contributed by atoms with E-state index in [4.69, 9.17) is 9.84 Å². The Morgan fingerprint density at radius 1 is 1.53 bits per heavy atom. The standard InChI is InChI=1S/C14H16O5/c1-14-8(6-12(16)17)4-3-5-9(14)10(15)7-11(19-2)13(14)18/h3-4,7-9H,5-6H2,1-2H3,(H,16,17)/t8-,9+,14-/m1/s1. The number of hydrogen-bond donors (Lipinski definition) is 1. The van der Waals surface area contributed by atoms with E-state index >= 15 is 0 Å². The van der Waals surface area contributed by atoms with Crippen molar-refractivity contribution in [3.63, 3.8) is 0 Å². The molecule has 0 aromatic heterocycles. The van der Waals surface area contributed by atoms with Crippen molar-refractivity contribution >= 4 is 17.5 Å². The summed E-state index contributed by atoms with van der Waals surface area (Å²) in [6.45, 7) is 1.67. The third-order valence-corrected chi connectivity index (χ3v) is 4.18. The van der Waals surface area contributed by atoms with E-state index in [2.05, 4.69) is 0 Å². The van der Waals surface area contributed by atoms with Crippen molar-refractivity contribution < 1.29 is 24.2 Å². The Morgan fingerprint density at radius 3 is 2.79 bits per heavy atom. The lowest BCUT2D eigenvalue weighted by atomic mass is 9.57. The Hall–Kier alpha value is -1.91. The molecule has 5 nitrogen and oxygen atoms in total. The van der Waals surface area contributed by atoms with Crippen molar-refractivity contribution in [1.29, 1.82) is 0 Å². The number of methoxy groups -OCH3 is 1. The van der Waals surface area contributed by atoms with Gasteiger partial charge in [0, 0.05) is 17.9 Å². The molecule has 0 saturated heterocycles. The SMILES string of the molecule is COC1=CC(=O)[C@@H]2CC=C[C@H](CC(=O)O)[C@@]2(C)C1=O. The first-order chi connectivity index (χ1) is 8.91. The minimum absolute atomic E-state index is 0.0226. The maximum absolute atomic E-state index is 12.5. The van der Waals surface area contributed by atoms with Gasteiger partial charge in [0.15, 0.2) is 11.5 Å². The van der Waals surface area contributed by atoms with Crippen LogP contribution in [0.3, 0.4) is 0 Å². The molecule has 0 unspecified atom stereocenters. The monoisotopic (exact) mass is 264 g/mol. The highest BCUT2D eigenvalue weighted by Gasteiger charge is 2.54. The second kappa shape index (κ2) is 4.64. The van der Waals surface area contributed by atoms with Crippen molar-refractivity contribution in [3.8, 4) is 0 Å². The molecule has 0 aromatic rings. The topological polar surface area (TPSA) is 80.7 Å². The average Bonchev–Trinajstić information content (AvgIpc) is 2.35. The van der Waals surface area contributed by atoms with Gasteiger partial charge in [-0.2, -0.15) is 0 Å². The Labute approximate surface area is 110 Å². The first-order valence-corrected chi connectivity index (χ1v) is 6.14. The van der Waals surface area contributed by atoms with Crippen LogP contribution < -0.4 is 0 Å². The van der Waals surface area contributed by atoms with Crippen LogP contribution in [0, 0.1) is 17.3 Å². The van der Waals surface area contributed by atoms with Gasteiger partial charge in [-0.25, -0.2) is 0 Å². The fraction of sp³-hybridized carbons (Fsp3) is 0.500. The number of carbonyl (C=O) groups excluding carboxylic acids is 2. The van der Waals surface area contributed by atoms with Gasteiger partial charge in [0.25, 0.3) is 0 Å². The first kappa shape index (κ1) is 13.5. The van der Waals surface area contributed by atoms with Gasteiger partial charge in [0.05, 0.1) is 18.9 Å². The Kier molecular flexibility index (Phi) is 3.30. The second-order valence-corrected chi connectivity index (χ2v) is 5.15. The smallest absolute Gasteiger partial charge is 0.303 e. The van der Waals surface area contributed by atoms with Crippen molar-refractivity contribution in [3.05, 3.63) is 24.0 Å². The summed E-state index contributed by atoms with van der Waals surface area (Å²) in [5, 5.41) is 8.97. The molecule has 3 atom stereocenters. The maximum Gasteiger partial charge on any atom is 0.303 e. The molecule has 0 bridgehead atoms. The highest BCUT2D eigenvalue weighted by molar-refractivity contribution is 6.12. The van der Waals surface area contributed by atoms with Crippen molar-refractivity contribution in [2.24, 2.45) is 17.3 Å². The molecule has 1 N–H and O–H groups in total. The normalized spacial score (nSPS) is 33.7. The summed E-state index contributed by atoms with van der Waals surface area (Å²) >= 11 is 0. The molecule has 2 aliphatic rings. The number of allylic oxidation sites excluding steroid dienone is 4. The van der Waals surface area contributed by atoms with Crippen LogP contribution in [0.25, 0.3) is 0 Å². The van der Waals surface area contributed by atoms with Crippen LogP contribution in [0.1, 0.15) is 19.8 Å². The lowest BCUT2D eigenvalue weighted by molar-refractivity contribution is -0.146. The van der Waals surface area contributed by atoms with Crippen LogP contribution in [0.5, 0.6) is 0 Å². The quantitative estimate of drug-likeness (QED) is 0.778. The van der Waals surface area contributed by atoms with E-state index in [1.54, 1.807) is 19.1 Å². The van der Waals surface area contributed by atoms with Gasteiger partial charge >= 0.3 is 5.97 Å². The molecule has 102 valence electrons. The van der Waals surface area contributed by atoms with Gasteiger partial charge < -0.3 is 9.84 Å². The Balaban J connectivity index is 2.48. The molecular formula is C14H16O5. The van der Waals surface area contributed by atoms with Gasteiger partial charge in [-0.1, -0.05) is 19.1 Å². The summed E-state index contributed by atoms with van der Waals surface area (Å²) in [4.78, 5) is 35.5. The fourth-order valence-corrected chi connectivity index (χ4v) is 3.00. The van der Waals surface area contributed by atoms with E-state index in [9.17, 15) is 14.4 Å². The fourth-order valence-electron chi connectivity index (χ4n) is 3.00. The summed E-state index contributed by atoms with van der Waals surface area (Å²) < 4.78 is 4.96. The summed E-state index contributed by atoms with van der Waals surface area (Å²) in [6, 6.07) is 0. The maximum atomic E-state index is 12.5. The number of carboxylic acids is 1. The number of Topliss-reactive ketones (excluding diaryl/α,β-unsaturated/α-hetero) is 1. The van der Waals surface area contributed by atoms with Crippen molar-refractivity contribution in [2.45, 2.75) is 19.8 Å². The van der Waals surface area contributed by atoms with Crippen molar-refractivity contribution in [2.75, 3.05) is 7.11 Å². The molecule has 2 rings (SSSR count). The molecule has 0 amide bonds. The van der Waals surface area contributed by atoms with Gasteiger partial charge in [-0.15, -0.1) is 0 Å². The zero-order chi connectivity index (χ0) is 14.2. The first-order valence-electron chi connectivity index (χ1n) is 6.14. The van der Waals surface area contributed by atoms with Crippen molar-refractivity contribution in [1.82, 2.24) is 0 Å². The zero-order valence-corrected chi connectivity index (χ0v) is 10.9. The molecule has 0 heterocycles. The Bertz CT molecular complexity index is 502. The summed E-state index contributed by atoms with van der Waals surface area (Å²) in [6.07, 6.45) is 5.04. The summed E-state index contributed by atoms with van der Waals surface area (Å²) in [7, 11) is 1.34. The van der Waals surface area contributed by atoms with E-state index in [1.165, 1.54) is 13.2 Å². The predicted octanol–water partition coefficient (Wildman–Crippen LogP) is 1.34. The molecule has 0 aliphatic heterocycles. The molecule has 19 heavy (non-hydrogen) atoms. The molecule has 0 saturated carbocycles. The van der Waals surface area contributed by atoms with E-state index in [1.807, 2.05) is 0 Å². The number of aliphatic carboxylic acids is 1. The third-order valence-electron chi connectivity index (χ3n) is 4.18. The van der Waals surface area contributed by atoms with E-state index in [0.717, 1.165) is 0 Å². The largest absolute Gasteiger partial charge is 0.493 e. The number of ketones is 2. The van der Waals surface area contributed by atoms with E-state index in [-0.39, 0.29) is 23.7 Å². The van der Waals surface area contributed by atoms with Crippen LogP contribution in [0.2, 0.25) is 0 Å². The summed E-state index contributed by atoms with van der Waals surface area (Å²) in [5.41, 5.74) is -1.02. The number of rotatable bonds is 3. The molecular weight excluding hydrogens is 248 g/mol. The van der Waals surface area contributed by atoms with E-state index < -0.39 is 23.2 Å². The van der Waals surface area contributed by atoms with Crippen LogP contribution in [0.15, 0.2) is 24.0 Å². The molecule has 0 fully saturated rings. The van der Waals surface area contributed by atoms with Gasteiger partial charge in [-0.3, -0.25) is 14.4 Å². The van der Waals surface area contributed by atoms with Crippen LogP contribution in [-0.4, -0.2) is 29.8 Å². The molecule has 0 radical (unpaired) electrons. The lowest BCUT2D eigenvalue weighted by Gasteiger charge is -2.44. The Morgan fingerprint density at radius 2 is 2.21 bits per heavy atom.